The van der Waals surface area contributed by atoms with Crippen LogP contribution in [0.5, 0.6) is 11.5 Å². The SMILES string of the molecule is CCOc1cccc(/C=N/n2c(C3CC(C)NN3)n[nH]c2=S)c1O. The number of ether oxygens (including phenoxy) is 1. The number of aromatic amines is 1. The van der Waals surface area contributed by atoms with Crippen LogP contribution in [0.3, 0.4) is 0 Å². The molecule has 1 fully saturated rings. The third kappa shape index (κ3) is 3.32. The summed E-state index contributed by atoms with van der Waals surface area (Å²) >= 11 is 5.25. The maximum atomic E-state index is 10.2. The van der Waals surface area contributed by atoms with E-state index in [2.05, 4.69) is 33.1 Å². The summed E-state index contributed by atoms with van der Waals surface area (Å²) in [5.41, 5.74) is 6.86. The second kappa shape index (κ2) is 7.12. The van der Waals surface area contributed by atoms with E-state index in [4.69, 9.17) is 17.0 Å². The van der Waals surface area contributed by atoms with Crippen LogP contribution in [0.4, 0.5) is 0 Å². The average Bonchev–Trinajstić information content (AvgIpc) is 3.14. The molecular weight excluding hydrogens is 328 g/mol. The summed E-state index contributed by atoms with van der Waals surface area (Å²) in [6.45, 7) is 4.42. The average molecular weight is 348 g/mol. The molecule has 0 amide bonds. The zero-order chi connectivity index (χ0) is 17.1. The van der Waals surface area contributed by atoms with Gasteiger partial charge in [-0.2, -0.15) is 14.9 Å². The third-order valence-corrected chi connectivity index (χ3v) is 3.99. The molecule has 2 heterocycles. The maximum absolute atomic E-state index is 10.2. The molecule has 1 aliphatic heterocycles. The van der Waals surface area contributed by atoms with Crippen molar-refractivity contribution in [1.82, 2.24) is 25.7 Å². The van der Waals surface area contributed by atoms with E-state index in [9.17, 15) is 5.11 Å². The second-order valence-corrected chi connectivity index (χ2v) is 5.94. The molecule has 2 aromatic rings. The smallest absolute Gasteiger partial charge is 0.216 e. The fraction of sp³-hybridized carbons (Fsp3) is 0.400. The maximum Gasteiger partial charge on any atom is 0.216 e. The number of hydrogen-bond acceptors (Lipinski definition) is 7. The largest absolute Gasteiger partial charge is 0.504 e. The summed E-state index contributed by atoms with van der Waals surface area (Å²) in [6.07, 6.45) is 2.42. The van der Waals surface area contributed by atoms with Gasteiger partial charge in [0, 0.05) is 11.6 Å². The quantitative estimate of drug-likeness (QED) is 0.486. The van der Waals surface area contributed by atoms with Crippen molar-refractivity contribution < 1.29 is 9.84 Å². The molecule has 24 heavy (non-hydrogen) atoms. The van der Waals surface area contributed by atoms with Crippen LogP contribution >= 0.6 is 12.2 Å². The highest BCUT2D eigenvalue weighted by Gasteiger charge is 2.26. The number of nitrogens with zero attached hydrogens (tertiary/aromatic N) is 3. The predicted octanol–water partition coefficient (Wildman–Crippen LogP) is 1.85. The lowest BCUT2D eigenvalue weighted by atomic mass is 10.1. The van der Waals surface area contributed by atoms with Crippen LogP contribution in [0.1, 0.15) is 37.7 Å². The molecule has 4 N–H and O–H groups in total. The van der Waals surface area contributed by atoms with Gasteiger partial charge in [-0.1, -0.05) is 6.07 Å². The third-order valence-electron chi connectivity index (χ3n) is 3.72. The standard InChI is InChI=1S/C15H20N6O2S/c1-3-23-12-6-4-5-10(13(12)22)8-16-21-14(19-20-15(21)24)11-7-9(2)17-18-11/h4-6,8-9,11,17-18,22H,3,7H2,1-2H3,(H,20,24)/b16-8+. The summed E-state index contributed by atoms with van der Waals surface area (Å²) in [5.74, 6) is 1.16. The summed E-state index contributed by atoms with van der Waals surface area (Å²) in [4.78, 5) is 0. The van der Waals surface area contributed by atoms with Crippen LogP contribution in [-0.4, -0.2) is 38.8 Å². The Morgan fingerprint density at radius 1 is 1.50 bits per heavy atom. The van der Waals surface area contributed by atoms with Gasteiger partial charge in [0.15, 0.2) is 17.3 Å². The van der Waals surface area contributed by atoms with E-state index in [1.54, 1.807) is 29.1 Å². The highest BCUT2D eigenvalue weighted by molar-refractivity contribution is 7.71. The number of para-hydroxylation sites is 1. The molecule has 2 atom stereocenters. The molecule has 9 heteroatoms. The van der Waals surface area contributed by atoms with Gasteiger partial charge in [-0.05, 0) is 44.6 Å². The first kappa shape index (κ1) is 16.6. The molecule has 1 saturated heterocycles. The van der Waals surface area contributed by atoms with Crippen LogP contribution in [-0.2, 0) is 0 Å². The number of phenolic OH excluding ortho intramolecular Hbond substituents is 1. The van der Waals surface area contributed by atoms with Gasteiger partial charge in [0.1, 0.15) is 0 Å². The minimum atomic E-state index is 0.00783. The summed E-state index contributed by atoms with van der Waals surface area (Å²) in [5, 5.41) is 21.6. The van der Waals surface area contributed by atoms with E-state index >= 15 is 0 Å². The van der Waals surface area contributed by atoms with Crippen molar-refractivity contribution in [3.8, 4) is 11.5 Å². The monoisotopic (exact) mass is 348 g/mol. The lowest BCUT2D eigenvalue weighted by Crippen LogP contribution is -2.29. The number of aromatic nitrogens is 3. The molecule has 0 bridgehead atoms. The van der Waals surface area contributed by atoms with Crippen molar-refractivity contribution in [3.63, 3.8) is 0 Å². The number of benzene rings is 1. The van der Waals surface area contributed by atoms with E-state index in [0.717, 1.165) is 6.42 Å². The zero-order valence-electron chi connectivity index (χ0n) is 13.5. The van der Waals surface area contributed by atoms with Gasteiger partial charge in [0.25, 0.3) is 0 Å². The van der Waals surface area contributed by atoms with Crippen molar-refractivity contribution in [3.05, 3.63) is 34.4 Å². The first-order valence-electron chi connectivity index (χ1n) is 7.77. The fourth-order valence-corrected chi connectivity index (χ4v) is 2.75. The molecule has 3 rings (SSSR count). The van der Waals surface area contributed by atoms with Crippen LogP contribution in [0, 0.1) is 4.77 Å². The molecule has 1 aromatic carbocycles. The number of nitrogens with one attached hydrogen (secondary N) is 3. The lowest BCUT2D eigenvalue weighted by Gasteiger charge is -2.09. The van der Waals surface area contributed by atoms with Gasteiger partial charge in [0.2, 0.25) is 4.77 Å². The minimum absolute atomic E-state index is 0.00783. The Kier molecular flexibility index (Phi) is 4.93. The molecule has 128 valence electrons. The predicted molar refractivity (Wildman–Crippen MR) is 92.8 cm³/mol. The van der Waals surface area contributed by atoms with Gasteiger partial charge in [-0.3, -0.25) is 10.5 Å². The topological polar surface area (TPSA) is 99.5 Å². The lowest BCUT2D eigenvalue weighted by molar-refractivity contribution is 0.318. The Morgan fingerprint density at radius 3 is 3.04 bits per heavy atom. The van der Waals surface area contributed by atoms with Gasteiger partial charge in [-0.15, -0.1) is 0 Å². The number of rotatable bonds is 5. The van der Waals surface area contributed by atoms with Crippen molar-refractivity contribution in [1.29, 1.82) is 0 Å². The molecule has 0 spiro atoms. The Morgan fingerprint density at radius 2 is 2.33 bits per heavy atom. The first-order chi connectivity index (χ1) is 11.6. The van der Waals surface area contributed by atoms with Gasteiger partial charge in [0.05, 0.1) is 18.9 Å². The van der Waals surface area contributed by atoms with Crippen LogP contribution in [0.15, 0.2) is 23.3 Å². The second-order valence-electron chi connectivity index (χ2n) is 5.55. The number of aromatic hydroxyl groups is 1. The Bertz CT molecular complexity index is 800. The first-order valence-corrected chi connectivity index (χ1v) is 8.18. The van der Waals surface area contributed by atoms with Gasteiger partial charge in [-0.25, -0.2) is 5.43 Å². The minimum Gasteiger partial charge on any atom is -0.504 e. The van der Waals surface area contributed by atoms with Crippen molar-refractivity contribution in [2.75, 3.05) is 6.61 Å². The Hall–Kier alpha value is -2.23. The van der Waals surface area contributed by atoms with Crippen LogP contribution in [0.2, 0.25) is 0 Å². The highest BCUT2D eigenvalue weighted by atomic mass is 32.1. The molecule has 1 aliphatic rings. The van der Waals surface area contributed by atoms with Gasteiger partial charge >= 0.3 is 0 Å². The molecule has 8 nitrogen and oxygen atoms in total. The van der Waals surface area contributed by atoms with Crippen LogP contribution < -0.4 is 15.6 Å². The molecule has 1 aromatic heterocycles. The molecular formula is C15H20N6O2S. The number of hydrazine groups is 1. The van der Waals surface area contributed by atoms with Crippen LogP contribution in [0.25, 0.3) is 0 Å². The zero-order valence-corrected chi connectivity index (χ0v) is 14.3. The van der Waals surface area contributed by atoms with E-state index < -0.39 is 0 Å². The summed E-state index contributed by atoms with van der Waals surface area (Å²) in [6, 6.07) is 5.60. The van der Waals surface area contributed by atoms with Crippen molar-refractivity contribution in [2.45, 2.75) is 32.4 Å². The molecule has 0 aliphatic carbocycles. The molecule has 0 saturated carbocycles. The normalized spacial score (nSPS) is 20.8. The van der Waals surface area contributed by atoms with E-state index in [0.29, 0.717) is 34.6 Å². The van der Waals surface area contributed by atoms with E-state index in [1.165, 1.54) is 0 Å². The number of H-pyrrole nitrogens is 1. The highest BCUT2D eigenvalue weighted by Crippen LogP contribution is 2.28. The van der Waals surface area contributed by atoms with Gasteiger partial charge < -0.3 is 9.84 Å². The number of hydrogen-bond donors (Lipinski definition) is 4. The van der Waals surface area contributed by atoms with Crippen molar-refractivity contribution >= 4 is 18.4 Å². The summed E-state index contributed by atoms with van der Waals surface area (Å²) < 4.78 is 7.33. The molecule has 2 unspecified atom stereocenters. The Labute approximate surface area is 144 Å². The fourth-order valence-electron chi connectivity index (χ4n) is 2.56. The Balaban J connectivity index is 1.89. The van der Waals surface area contributed by atoms with Crippen molar-refractivity contribution in [2.24, 2.45) is 5.10 Å². The van der Waals surface area contributed by atoms with E-state index in [1.807, 2.05) is 6.92 Å². The molecule has 0 radical (unpaired) electrons. The summed E-state index contributed by atoms with van der Waals surface area (Å²) in [7, 11) is 0. The van der Waals surface area contributed by atoms with E-state index in [-0.39, 0.29) is 11.8 Å². The number of phenols is 1.